The summed E-state index contributed by atoms with van der Waals surface area (Å²) in [4.78, 5) is 0. The van der Waals surface area contributed by atoms with E-state index in [9.17, 15) is 0 Å². The highest BCUT2D eigenvalue weighted by atomic mass is 14.9. The van der Waals surface area contributed by atoms with Gasteiger partial charge in [-0.05, 0) is 63.1 Å². The van der Waals surface area contributed by atoms with E-state index in [1.807, 2.05) is 0 Å². The topological polar surface area (TPSA) is 12.0 Å². The van der Waals surface area contributed by atoms with Crippen LogP contribution in [0, 0.1) is 26.7 Å². The first-order valence-electron chi connectivity index (χ1n) is 7.38. The number of benzene rings is 1. The maximum absolute atomic E-state index is 3.74. The minimum atomic E-state index is 0.660. The second-order valence-electron chi connectivity index (χ2n) is 6.09. The monoisotopic (exact) mass is 245 g/mol. The van der Waals surface area contributed by atoms with Crippen LogP contribution in [0.25, 0.3) is 0 Å². The molecule has 1 saturated carbocycles. The predicted octanol–water partition coefficient (Wildman–Crippen LogP) is 4.28. The van der Waals surface area contributed by atoms with E-state index in [1.165, 1.54) is 47.9 Å². The third-order valence-corrected chi connectivity index (χ3v) is 4.55. The van der Waals surface area contributed by atoms with Crippen molar-refractivity contribution in [2.75, 3.05) is 0 Å². The molecule has 18 heavy (non-hydrogen) atoms. The zero-order valence-electron chi connectivity index (χ0n) is 12.3. The zero-order chi connectivity index (χ0) is 13.1. The van der Waals surface area contributed by atoms with Gasteiger partial charge >= 0.3 is 0 Å². The summed E-state index contributed by atoms with van der Waals surface area (Å²) < 4.78 is 0. The highest BCUT2D eigenvalue weighted by Gasteiger charge is 2.21. The SMILES string of the molecule is Cc1cc(C)c(CN[C@H](C)C2CCCC2)c(C)c1. The Hall–Kier alpha value is -0.820. The fourth-order valence-electron chi connectivity index (χ4n) is 3.38. The second kappa shape index (κ2) is 5.88. The van der Waals surface area contributed by atoms with Gasteiger partial charge in [0.1, 0.15) is 0 Å². The van der Waals surface area contributed by atoms with Crippen molar-refractivity contribution in [1.29, 1.82) is 0 Å². The Kier molecular flexibility index (Phi) is 4.45. The number of aryl methyl sites for hydroxylation is 3. The van der Waals surface area contributed by atoms with Gasteiger partial charge in [0, 0.05) is 12.6 Å². The summed E-state index contributed by atoms with van der Waals surface area (Å²) in [5, 5.41) is 3.74. The lowest BCUT2D eigenvalue weighted by Crippen LogP contribution is -2.32. The molecule has 1 aliphatic carbocycles. The number of rotatable bonds is 4. The fraction of sp³-hybridized carbons (Fsp3) is 0.647. The molecule has 0 heterocycles. The van der Waals surface area contributed by atoms with Gasteiger partial charge in [-0.3, -0.25) is 0 Å². The lowest BCUT2D eigenvalue weighted by molar-refractivity contribution is 0.380. The smallest absolute Gasteiger partial charge is 0.0213 e. The van der Waals surface area contributed by atoms with Crippen molar-refractivity contribution in [2.45, 2.75) is 66.0 Å². The van der Waals surface area contributed by atoms with Crippen LogP contribution in [0.4, 0.5) is 0 Å². The summed E-state index contributed by atoms with van der Waals surface area (Å²) in [5.74, 6) is 0.899. The van der Waals surface area contributed by atoms with Crippen LogP contribution in [-0.4, -0.2) is 6.04 Å². The third-order valence-electron chi connectivity index (χ3n) is 4.55. The summed E-state index contributed by atoms with van der Waals surface area (Å²) in [6.07, 6.45) is 5.69. The van der Waals surface area contributed by atoms with Crippen molar-refractivity contribution in [3.63, 3.8) is 0 Å². The highest BCUT2D eigenvalue weighted by Crippen LogP contribution is 2.28. The minimum absolute atomic E-state index is 0.660. The number of nitrogens with one attached hydrogen (secondary N) is 1. The first kappa shape index (κ1) is 13.6. The quantitative estimate of drug-likeness (QED) is 0.835. The molecule has 0 bridgehead atoms. The third kappa shape index (κ3) is 3.14. The molecule has 0 spiro atoms. The molecule has 1 aliphatic rings. The summed E-state index contributed by atoms with van der Waals surface area (Å²) in [6, 6.07) is 5.25. The second-order valence-corrected chi connectivity index (χ2v) is 6.09. The van der Waals surface area contributed by atoms with Crippen molar-refractivity contribution in [2.24, 2.45) is 5.92 Å². The molecule has 0 amide bonds. The van der Waals surface area contributed by atoms with E-state index in [-0.39, 0.29) is 0 Å². The molecule has 0 unspecified atom stereocenters. The lowest BCUT2D eigenvalue weighted by atomic mass is 9.97. The van der Waals surface area contributed by atoms with Crippen molar-refractivity contribution in [3.8, 4) is 0 Å². The Bertz CT molecular complexity index is 379. The molecule has 0 aromatic heterocycles. The molecule has 0 aliphatic heterocycles. The molecule has 1 nitrogen and oxygen atoms in total. The van der Waals surface area contributed by atoms with E-state index in [4.69, 9.17) is 0 Å². The standard InChI is InChI=1S/C17H27N/c1-12-9-13(2)17(14(3)10-12)11-18-15(4)16-7-5-6-8-16/h9-10,15-16,18H,5-8,11H2,1-4H3/t15-/m1/s1. The van der Waals surface area contributed by atoms with Gasteiger partial charge in [0.25, 0.3) is 0 Å². The Balaban J connectivity index is 1.97. The Morgan fingerprint density at radius 3 is 2.22 bits per heavy atom. The maximum Gasteiger partial charge on any atom is 0.0213 e. The van der Waals surface area contributed by atoms with Crippen LogP contribution in [0.5, 0.6) is 0 Å². The average Bonchev–Trinajstić information content (AvgIpc) is 2.80. The molecular weight excluding hydrogens is 218 g/mol. The number of hydrogen-bond donors (Lipinski definition) is 1. The van der Waals surface area contributed by atoms with Crippen LogP contribution in [0.2, 0.25) is 0 Å². The van der Waals surface area contributed by atoms with Crippen molar-refractivity contribution in [1.82, 2.24) is 5.32 Å². The van der Waals surface area contributed by atoms with Crippen molar-refractivity contribution < 1.29 is 0 Å². The van der Waals surface area contributed by atoms with E-state index in [0.29, 0.717) is 6.04 Å². The first-order valence-corrected chi connectivity index (χ1v) is 7.38. The molecule has 1 fully saturated rings. The molecule has 1 N–H and O–H groups in total. The van der Waals surface area contributed by atoms with Gasteiger partial charge in [-0.2, -0.15) is 0 Å². The number of hydrogen-bond acceptors (Lipinski definition) is 1. The van der Waals surface area contributed by atoms with Crippen LogP contribution in [0.1, 0.15) is 54.9 Å². The van der Waals surface area contributed by atoms with Crippen LogP contribution in [0.3, 0.4) is 0 Å². The summed E-state index contributed by atoms with van der Waals surface area (Å²) in [7, 11) is 0. The Labute approximate surface area is 112 Å². The Morgan fingerprint density at radius 1 is 1.11 bits per heavy atom. The molecule has 1 heteroatoms. The molecule has 1 aromatic carbocycles. The van der Waals surface area contributed by atoms with Gasteiger partial charge in [-0.25, -0.2) is 0 Å². The molecule has 1 aromatic rings. The average molecular weight is 245 g/mol. The molecular formula is C17H27N. The largest absolute Gasteiger partial charge is 0.310 e. The van der Waals surface area contributed by atoms with Gasteiger partial charge in [-0.1, -0.05) is 30.5 Å². The van der Waals surface area contributed by atoms with E-state index in [0.717, 1.165) is 12.5 Å². The van der Waals surface area contributed by atoms with Gasteiger partial charge in [0.2, 0.25) is 0 Å². The zero-order valence-corrected chi connectivity index (χ0v) is 12.3. The van der Waals surface area contributed by atoms with Gasteiger partial charge in [-0.15, -0.1) is 0 Å². The summed E-state index contributed by atoms with van der Waals surface area (Å²) in [5.41, 5.74) is 5.72. The fourth-order valence-corrected chi connectivity index (χ4v) is 3.38. The van der Waals surface area contributed by atoms with Gasteiger partial charge in [0.15, 0.2) is 0 Å². The van der Waals surface area contributed by atoms with E-state index in [1.54, 1.807) is 0 Å². The molecule has 2 rings (SSSR count). The van der Waals surface area contributed by atoms with Crippen LogP contribution < -0.4 is 5.32 Å². The van der Waals surface area contributed by atoms with Crippen molar-refractivity contribution in [3.05, 3.63) is 34.4 Å². The lowest BCUT2D eigenvalue weighted by Gasteiger charge is -2.22. The van der Waals surface area contributed by atoms with Crippen molar-refractivity contribution >= 4 is 0 Å². The molecule has 1 atom stereocenters. The Morgan fingerprint density at radius 2 is 1.67 bits per heavy atom. The predicted molar refractivity (Wildman–Crippen MR) is 78.9 cm³/mol. The molecule has 100 valence electrons. The van der Waals surface area contributed by atoms with Crippen LogP contribution >= 0.6 is 0 Å². The first-order chi connectivity index (χ1) is 8.58. The maximum atomic E-state index is 3.74. The molecule has 0 radical (unpaired) electrons. The normalized spacial score (nSPS) is 18.2. The minimum Gasteiger partial charge on any atom is -0.310 e. The highest BCUT2D eigenvalue weighted by molar-refractivity contribution is 5.37. The van der Waals surface area contributed by atoms with E-state index >= 15 is 0 Å². The van der Waals surface area contributed by atoms with E-state index < -0.39 is 0 Å². The van der Waals surface area contributed by atoms with Crippen LogP contribution in [0.15, 0.2) is 12.1 Å². The van der Waals surface area contributed by atoms with Gasteiger partial charge < -0.3 is 5.32 Å². The van der Waals surface area contributed by atoms with Gasteiger partial charge in [0.05, 0.1) is 0 Å². The van der Waals surface area contributed by atoms with E-state index in [2.05, 4.69) is 45.1 Å². The summed E-state index contributed by atoms with van der Waals surface area (Å²) >= 11 is 0. The summed E-state index contributed by atoms with van der Waals surface area (Å²) in [6.45, 7) is 10.0. The molecule has 0 saturated heterocycles. The van der Waals surface area contributed by atoms with Crippen LogP contribution in [-0.2, 0) is 6.54 Å².